The van der Waals surface area contributed by atoms with E-state index in [-0.39, 0.29) is 48.8 Å². The van der Waals surface area contributed by atoms with E-state index in [1.807, 2.05) is 94.4 Å². The lowest BCUT2D eigenvalue weighted by molar-refractivity contribution is -0.148. The van der Waals surface area contributed by atoms with Crippen molar-refractivity contribution in [2.45, 2.75) is 97.9 Å². The zero-order chi connectivity index (χ0) is 43.0. The molecule has 0 aliphatic heterocycles. The van der Waals surface area contributed by atoms with Gasteiger partial charge in [0, 0.05) is 43.3 Å². The number of thiazole rings is 1. The number of aryl methyl sites for hydroxylation is 1. The van der Waals surface area contributed by atoms with E-state index >= 15 is 0 Å². The van der Waals surface area contributed by atoms with E-state index < -0.39 is 54.1 Å². The number of hydrogen-bond donors (Lipinski definition) is 3. The third-order valence-electron chi connectivity index (χ3n) is 11.0. The summed E-state index contributed by atoms with van der Waals surface area (Å²) in [4.78, 5) is 72.4. The number of nitrogens with zero attached hydrogens (tertiary/aromatic N) is 2. The number of nitrogens with one attached hydrogen (secondary N) is 2. The third-order valence-corrected chi connectivity index (χ3v) is 12.0. The molecule has 4 aromatic rings. The molecule has 13 heteroatoms. The average Bonchev–Trinajstić information content (AvgIpc) is 3.74. The molecular weight excluding hydrogens is 769 g/mol. The van der Waals surface area contributed by atoms with Gasteiger partial charge in [-0.3, -0.25) is 19.2 Å². The first kappa shape index (κ1) is 44.5. The number of carboxylic acids is 1. The fourth-order valence-electron chi connectivity index (χ4n) is 7.80. The lowest BCUT2D eigenvalue weighted by Crippen LogP contribution is -2.54. The lowest BCUT2D eigenvalue weighted by Gasteiger charge is -2.36. The van der Waals surface area contributed by atoms with Gasteiger partial charge >= 0.3 is 18.0 Å². The van der Waals surface area contributed by atoms with E-state index in [2.05, 4.69) is 27.8 Å². The molecule has 3 amide bonds. The Balaban J connectivity index is 1.29. The summed E-state index contributed by atoms with van der Waals surface area (Å²) in [6, 6.07) is 23.8. The van der Waals surface area contributed by atoms with Crippen molar-refractivity contribution in [3.8, 4) is 11.1 Å². The SMILES string of the molecule is CC(=O)O[C@H](C[C@@H](C(C)C)N(C)C(=O)[C@@H](NC(=O)OCC1c2ccccc2-c2ccccc21)C(C)C)c1nc(C(=O)N[C@H](Cc2ccccc2)C[C@H](C)C(=O)O)c(C)s1. The second-order valence-electron chi connectivity index (χ2n) is 16.1. The van der Waals surface area contributed by atoms with Gasteiger partial charge in [0.2, 0.25) is 5.91 Å². The Hall–Kier alpha value is -5.56. The van der Waals surface area contributed by atoms with Gasteiger partial charge < -0.3 is 30.1 Å². The molecule has 0 spiro atoms. The van der Waals surface area contributed by atoms with Crippen LogP contribution >= 0.6 is 11.3 Å². The molecule has 5 rings (SSSR count). The number of benzene rings is 3. The minimum Gasteiger partial charge on any atom is -0.481 e. The Bertz CT molecular complexity index is 2070. The van der Waals surface area contributed by atoms with Crippen LogP contribution in [0.4, 0.5) is 4.79 Å². The first-order chi connectivity index (χ1) is 28.0. The van der Waals surface area contributed by atoms with Gasteiger partial charge in [0.05, 0.1) is 5.92 Å². The minimum atomic E-state index is -0.954. The molecule has 0 radical (unpaired) electrons. The number of carbonyl (C=O) groups excluding carboxylic acids is 4. The predicted molar refractivity (Wildman–Crippen MR) is 227 cm³/mol. The Labute approximate surface area is 350 Å². The number of ether oxygens (including phenoxy) is 2. The van der Waals surface area contributed by atoms with Crippen molar-refractivity contribution in [1.82, 2.24) is 20.5 Å². The van der Waals surface area contributed by atoms with Crippen molar-refractivity contribution in [2.24, 2.45) is 17.8 Å². The van der Waals surface area contributed by atoms with E-state index in [1.165, 1.54) is 18.3 Å². The molecule has 0 bridgehead atoms. The number of fused-ring (bicyclic) bond motifs is 3. The summed E-state index contributed by atoms with van der Waals surface area (Å²) in [5, 5.41) is 15.8. The standard InChI is InChI=1S/C46H56N4O8S/c1-26(2)38(50(8)44(53)40(27(3)4)49-46(56)57-25-37-35-20-14-12-18-33(35)34-19-13-15-21-36(34)37)24-39(58-30(7)51)43-48-41(29(6)59-43)42(52)47-32(22-28(5)45(54)55)23-31-16-10-9-11-17-31/h9-21,26-28,32,37-40H,22-25H2,1-8H3,(H,47,52)(H,49,56)(H,54,55)/t28-,32-,38-,39+,40-/m0/s1. The van der Waals surface area contributed by atoms with Gasteiger partial charge in [-0.2, -0.15) is 0 Å². The maximum Gasteiger partial charge on any atom is 0.407 e. The van der Waals surface area contributed by atoms with Crippen LogP contribution in [-0.4, -0.2) is 76.6 Å². The van der Waals surface area contributed by atoms with Crippen LogP contribution in [0.15, 0.2) is 78.9 Å². The van der Waals surface area contributed by atoms with Gasteiger partial charge in [-0.15, -0.1) is 11.3 Å². The van der Waals surface area contributed by atoms with E-state index in [1.54, 1.807) is 25.8 Å². The van der Waals surface area contributed by atoms with E-state index in [4.69, 9.17) is 9.47 Å². The second kappa shape index (κ2) is 19.9. The Morgan fingerprint density at radius 2 is 1.42 bits per heavy atom. The maximum atomic E-state index is 14.2. The molecular formula is C46H56N4O8S. The summed E-state index contributed by atoms with van der Waals surface area (Å²) in [7, 11) is 1.67. The molecule has 3 N–H and O–H groups in total. The van der Waals surface area contributed by atoms with Crippen molar-refractivity contribution >= 4 is 41.2 Å². The summed E-state index contributed by atoms with van der Waals surface area (Å²) in [5.74, 6) is -3.51. The van der Waals surface area contributed by atoms with Gasteiger partial charge in [0.15, 0.2) is 6.10 Å². The number of alkyl carbamates (subject to hydrolysis) is 1. The number of likely N-dealkylation sites (N-methyl/N-ethyl adjacent to an activating group) is 1. The molecule has 0 unspecified atom stereocenters. The number of carbonyl (C=O) groups is 5. The number of aromatic nitrogens is 1. The zero-order valence-electron chi connectivity index (χ0n) is 35.1. The van der Waals surface area contributed by atoms with Gasteiger partial charge in [-0.25, -0.2) is 9.78 Å². The normalized spacial score (nSPS) is 14.7. The third kappa shape index (κ3) is 11.1. The van der Waals surface area contributed by atoms with Crippen molar-refractivity contribution in [3.63, 3.8) is 0 Å². The maximum absolute atomic E-state index is 14.2. The number of hydrogen-bond acceptors (Lipinski definition) is 9. The molecule has 1 aliphatic carbocycles. The van der Waals surface area contributed by atoms with Gasteiger partial charge in [-0.05, 0) is 59.4 Å². The van der Waals surface area contributed by atoms with Gasteiger partial charge in [0.25, 0.3) is 5.91 Å². The minimum absolute atomic E-state index is 0.107. The molecule has 314 valence electrons. The molecule has 0 fully saturated rings. The average molecular weight is 825 g/mol. The zero-order valence-corrected chi connectivity index (χ0v) is 35.9. The molecule has 0 saturated heterocycles. The largest absolute Gasteiger partial charge is 0.481 e. The van der Waals surface area contributed by atoms with Crippen LogP contribution in [0.1, 0.15) is 103 Å². The number of carboxylic acid groups (broad SMARTS) is 1. The van der Waals surface area contributed by atoms with Crippen LogP contribution < -0.4 is 10.6 Å². The highest BCUT2D eigenvalue weighted by Crippen LogP contribution is 2.44. The van der Waals surface area contributed by atoms with Crippen LogP contribution in [0.25, 0.3) is 11.1 Å². The monoisotopic (exact) mass is 824 g/mol. The highest BCUT2D eigenvalue weighted by atomic mass is 32.1. The van der Waals surface area contributed by atoms with Crippen molar-refractivity contribution in [1.29, 1.82) is 0 Å². The topological polar surface area (TPSA) is 164 Å². The van der Waals surface area contributed by atoms with Crippen LogP contribution in [0.2, 0.25) is 0 Å². The molecule has 0 saturated carbocycles. The second-order valence-corrected chi connectivity index (χ2v) is 17.3. The number of rotatable bonds is 18. The summed E-state index contributed by atoms with van der Waals surface area (Å²) < 4.78 is 11.6. The number of aliphatic carboxylic acids is 1. The molecule has 1 aliphatic rings. The van der Waals surface area contributed by atoms with E-state index in [9.17, 15) is 29.1 Å². The summed E-state index contributed by atoms with van der Waals surface area (Å²) in [6.07, 6.45) is -0.763. The number of amides is 3. The molecule has 59 heavy (non-hydrogen) atoms. The first-order valence-corrected chi connectivity index (χ1v) is 21.0. The fourth-order valence-corrected chi connectivity index (χ4v) is 8.76. The van der Waals surface area contributed by atoms with Crippen molar-refractivity contribution in [3.05, 3.63) is 111 Å². The number of esters is 1. The van der Waals surface area contributed by atoms with Crippen LogP contribution in [0.3, 0.4) is 0 Å². The Morgan fingerprint density at radius 1 is 0.831 bits per heavy atom. The van der Waals surface area contributed by atoms with Gasteiger partial charge in [-0.1, -0.05) is 113 Å². The lowest BCUT2D eigenvalue weighted by atomic mass is 9.94. The fraction of sp³-hybridized carbons (Fsp3) is 0.435. The van der Waals surface area contributed by atoms with Crippen LogP contribution in [0, 0.1) is 24.7 Å². The van der Waals surface area contributed by atoms with Crippen molar-refractivity contribution in [2.75, 3.05) is 13.7 Å². The van der Waals surface area contributed by atoms with E-state index in [0.29, 0.717) is 16.3 Å². The van der Waals surface area contributed by atoms with Gasteiger partial charge in [0.1, 0.15) is 23.4 Å². The van der Waals surface area contributed by atoms with E-state index in [0.717, 1.165) is 27.8 Å². The molecule has 5 atom stereocenters. The predicted octanol–water partition coefficient (Wildman–Crippen LogP) is 7.94. The van der Waals surface area contributed by atoms with Crippen LogP contribution in [0.5, 0.6) is 0 Å². The first-order valence-electron chi connectivity index (χ1n) is 20.2. The van der Waals surface area contributed by atoms with Crippen LogP contribution in [-0.2, 0) is 30.3 Å². The molecule has 12 nitrogen and oxygen atoms in total. The Kier molecular flexibility index (Phi) is 15.0. The summed E-state index contributed by atoms with van der Waals surface area (Å²) in [6.45, 7) is 12.4. The summed E-state index contributed by atoms with van der Waals surface area (Å²) >= 11 is 1.22. The quantitative estimate of drug-likeness (QED) is 0.0845. The molecule has 1 aromatic heterocycles. The highest BCUT2D eigenvalue weighted by molar-refractivity contribution is 7.12. The molecule has 3 aromatic carbocycles. The smallest absolute Gasteiger partial charge is 0.407 e. The van der Waals surface area contributed by atoms with Crippen molar-refractivity contribution < 1.29 is 38.6 Å². The molecule has 1 heterocycles. The highest BCUT2D eigenvalue weighted by Gasteiger charge is 2.36. The Morgan fingerprint density at radius 3 is 1.98 bits per heavy atom. The summed E-state index contributed by atoms with van der Waals surface area (Å²) in [5.41, 5.74) is 5.50.